The maximum absolute atomic E-state index is 12.9. The highest BCUT2D eigenvalue weighted by atomic mass is 16.5. The summed E-state index contributed by atoms with van der Waals surface area (Å²) in [6.07, 6.45) is 2.53. The first kappa shape index (κ1) is 21.3. The Bertz CT molecular complexity index is 1190. The highest BCUT2D eigenvalue weighted by Gasteiger charge is 2.45. The average Bonchev–Trinajstić information content (AvgIpc) is 3.23. The number of hydrogen-bond donors (Lipinski definition) is 1. The van der Waals surface area contributed by atoms with Crippen molar-refractivity contribution in [3.63, 3.8) is 0 Å². The highest BCUT2D eigenvalue weighted by molar-refractivity contribution is 6.30. The first-order chi connectivity index (χ1) is 15.4. The number of fused-ring (bicyclic) bond motifs is 1. The van der Waals surface area contributed by atoms with Gasteiger partial charge in [-0.2, -0.15) is 0 Å². The molecule has 1 N–H and O–H groups in total. The molecule has 8 heteroatoms. The molecule has 0 unspecified atom stereocenters. The van der Waals surface area contributed by atoms with Gasteiger partial charge in [-0.05, 0) is 35.7 Å². The Kier molecular flexibility index (Phi) is 5.77. The number of methoxy groups -OCH3 is 1. The van der Waals surface area contributed by atoms with E-state index in [1.165, 1.54) is 14.1 Å². The Morgan fingerprint density at radius 3 is 2.38 bits per heavy atom. The van der Waals surface area contributed by atoms with E-state index < -0.39 is 23.8 Å². The van der Waals surface area contributed by atoms with Gasteiger partial charge in [0.25, 0.3) is 0 Å². The van der Waals surface area contributed by atoms with Crippen molar-refractivity contribution in [1.82, 2.24) is 14.8 Å². The molecule has 4 rings (SSSR count). The summed E-state index contributed by atoms with van der Waals surface area (Å²) in [5.41, 5.74) is 3.09. The van der Waals surface area contributed by atoms with E-state index in [1.807, 2.05) is 54.7 Å². The van der Waals surface area contributed by atoms with Crippen LogP contribution < -0.4 is 4.74 Å². The number of imide groups is 2. The maximum Gasteiger partial charge on any atom is 0.332 e. The van der Waals surface area contributed by atoms with E-state index in [2.05, 4.69) is 4.98 Å². The molecule has 2 aromatic carbocycles. The Morgan fingerprint density at radius 2 is 1.72 bits per heavy atom. The van der Waals surface area contributed by atoms with Gasteiger partial charge in [-0.1, -0.05) is 30.3 Å². The lowest BCUT2D eigenvalue weighted by atomic mass is 9.92. The van der Waals surface area contributed by atoms with Crippen LogP contribution in [0.1, 0.15) is 11.1 Å². The van der Waals surface area contributed by atoms with Gasteiger partial charge < -0.3 is 9.72 Å². The molecule has 1 fully saturated rings. The van der Waals surface area contributed by atoms with Gasteiger partial charge in [0.05, 0.1) is 12.8 Å². The van der Waals surface area contributed by atoms with Crippen molar-refractivity contribution in [1.29, 1.82) is 0 Å². The number of amides is 4. The smallest absolute Gasteiger partial charge is 0.332 e. The van der Waals surface area contributed by atoms with Crippen molar-refractivity contribution in [2.75, 3.05) is 27.7 Å². The lowest BCUT2D eigenvalue weighted by Crippen LogP contribution is -2.59. The lowest BCUT2D eigenvalue weighted by Gasteiger charge is -2.33. The summed E-state index contributed by atoms with van der Waals surface area (Å²) in [5.74, 6) is -1.54. The van der Waals surface area contributed by atoms with Crippen molar-refractivity contribution in [2.45, 2.75) is 6.42 Å². The number of carbonyl (C=O) groups is 3. The molecule has 0 radical (unpaired) electrons. The number of barbiturate groups is 1. The minimum atomic E-state index is -1.16. The Balaban J connectivity index is 1.67. The second-order valence-electron chi connectivity index (χ2n) is 7.62. The zero-order valence-corrected chi connectivity index (χ0v) is 18.2. The monoisotopic (exact) mass is 432 g/mol. The highest BCUT2D eigenvalue weighted by Crippen LogP contribution is 2.25. The fraction of sp³-hybridized carbons (Fsp3) is 0.250. The van der Waals surface area contributed by atoms with Crippen LogP contribution in [0, 0.1) is 5.92 Å². The van der Waals surface area contributed by atoms with Crippen LogP contribution in [0.4, 0.5) is 4.79 Å². The van der Waals surface area contributed by atoms with Crippen molar-refractivity contribution >= 4 is 34.5 Å². The minimum absolute atomic E-state index is 0.365. The fourth-order valence-corrected chi connectivity index (χ4v) is 3.89. The number of benzene rings is 2. The van der Waals surface area contributed by atoms with E-state index >= 15 is 0 Å². The van der Waals surface area contributed by atoms with Gasteiger partial charge in [0.1, 0.15) is 5.75 Å². The van der Waals surface area contributed by atoms with Gasteiger partial charge in [0.2, 0.25) is 11.8 Å². The number of rotatable bonds is 6. The number of H-pyrrole nitrogens is 1. The van der Waals surface area contributed by atoms with E-state index in [9.17, 15) is 14.4 Å². The number of aromatic amines is 1. The standard InChI is InChI=1S/C24H24N4O4/c1-27-22(29)20(23(30)28(2)24(27)31)21(15-7-5-4-6-8-15)25-12-11-16-14-26-19-10-9-17(32-3)13-18(16)19/h4-10,13-14,20,26H,11-12H2,1-3H3. The van der Waals surface area contributed by atoms with Crippen molar-refractivity contribution in [2.24, 2.45) is 10.9 Å². The van der Waals surface area contributed by atoms with E-state index in [1.54, 1.807) is 7.11 Å². The molecule has 1 aliphatic rings. The Labute approximate surface area is 185 Å². The van der Waals surface area contributed by atoms with Crippen molar-refractivity contribution in [3.8, 4) is 5.75 Å². The fourth-order valence-electron chi connectivity index (χ4n) is 3.89. The van der Waals surface area contributed by atoms with Crippen LogP contribution in [0.3, 0.4) is 0 Å². The summed E-state index contributed by atoms with van der Waals surface area (Å²) in [4.78, 5) is 47.8. The molecular formula is C24H24N4O4. The van der Waals surface area contributed by atoms with Gasteiger partial charge >= 0.3 is 6.03 Å². The SMILES string of the molecule is COc1ccc2[nH]cc(CCN=C(c3ccccc3)C3C(=O)N(C)C(=O)N(C)C3=O)c2c1. The molecule has 32 heavy (non-hydrogen) atoms. The molecule has 4 amide bonds. The summed E-state index contributed by atoms with van der Waals surface area (Å²) in [5, 5.41) is 1.04. The molecule has 2 heterocycles. The molecule has 1 aliphatic heterocycles. The van der Waals surface area contributed by atoms with Gasteiger partial charge in [0.15, 0.2) is 5.92 Å². The Hall–Kier alpha value is -3.94. The van der Waals surface area contributed by atoms with Crippen LogP contribution >= 0.6 is 0 Å². The maximum atomic E-state index is 12.9. The number of aromatic nitrogens is 1. The zero-order chi connectivity index (χ0) is 22.8. The minimum Gasteiger partial charge on any atom is -0.497 e. The predicted molar refractivity (Wildman–Crippen MR) is 121 cm³/mol. The van der Waals surface area contributed by atoms with Crippen molar-refractivity contribution in [3.05, 3.63) is 65.9 Å². The van der Waals surface area contributed by atoms with Crippen LogP contribution in [0.15, 0.2) is 59.7 Å². The van der Waals surface area contributed by atoms with E-state index in [0.29, 0.717) is 24.2 Å². The molecule has 0 saturated carbocycles. The summed E-state index contributed by atoms with van der Waals surface area (Å²) in [6.45, 7) is 0.368. The van der Waals surface area contributed by atoms with Crippen LogP contribution in [0.5, 0.6) is 5.75 Å². The second-order valence-corrected chi connectivity index (χ2v) is 7.62. The third-order valence-corrected chi connectivity index (χ3v) is 5.71. The van der Waals surface area contributed by atoms with Gasteiger partial charge in [-0.15, -0.1) is 0 Å². The number of urea groups is 1. The Morgan fingerprint density at radius 1 is 1.03 bits per heavy atom. The molecule has 1 saturated heterocycles. The lowest BCUT2D eigenvalue weighted by molar-refractivity contribution is -0.144. The third kappa shape index (κ3) is 3.75. The molecule has 0 atom stereocenters. The first-order valence-electron chi connectivity index (χ1n) is 10.2. The largest absolute Gasteiger partial charge is 0.497 e. The summed E-state index contributed by atoms with van der Waals surface area (Å²) >= 11 is 0. The number of hydrogen-bond acceptors (Lipinski definition) is 5. The predicted octanol–water partition coefficient (Wildman–Crippen LogP) is 2.87. The summed E-state index contributed by atoms with van der Waals surface area (Å²) < 4.78 is 5.33. The van der Waals surface area contributed by atoms with E-state index in [0.717, 1.165) is 32.0 Å². The molecule has 164 valence electrons. The molecule has 8 nitrogen and oxygen atoms in total. The normalized spacial score (nSPS) is 15.7. The molecule has 0 bridgehead atoms. The van der Waals surface area contributed by atoms with Crippen molar-refractivity contribution < 1.29 is 19.1 Å². The molecule has 0 spiro atoms. The van der Waals surface area contributed by atoms with Gasteiger partial charge in [-0.3, -0.25) is 24.4 Å². The second kappa shape index (κ2) is 8.66. The molecule has 1 aromatic heterocycles. The zero-order valence-electron chi connectivity index (χ0n) is 18.2. The van der Waals surface area contributed by atoms with Gasteiger partial charge in [0, 0.05) is 37.7 Å². The number of aliphatic imine (C=N–C) groups is 1. The van der Waals surface area contributed by atoms with Crippen LogP contribution in [0.2, 0.25) is 0 Å². The molecular weight excluding hydrogens is 408 g/mol. The summed E-state index contributed by atoms with van der Waals surface area (Å²) in [7, 11) is 4.38. The quantitative estimate of drug-likeness (QED) is 0.479. The summed E-state index contributed by atoms with van der Waals surface area (Å²) in [6, 6.07) is 14.3. The van der Waals surface area contributed by atoms with E-state index in [4.69, 9.17) is 9.73 Å². The first-order valence-corrected chi connectivity index (χ1v) is 10.2. The third-order valence-electron chi connectivity index (χ3n) is 5.71. The van der Waals surface area contributed by atoms with Crippen LogP contribution in [0.25, 0.3) is 10.9 Å². The van der Waals surface area contributed by atoms with Crippen LogP contribution in [-0.2, 0) is 16.0 Å². The molecule has 0 aliphatic carbocycles. The topological polar surface area (TPSA) is 95.1 Å². The van der Waals surface area contributed by atoms with Gasteiger partial charge in [-0.25, -0.2) is 4.79 Å². The molecule has 3 aromatic rings. The number of nitrogens with one attached hydrogen (secondary N) is 1. The number of carbonyl (C=O) groups excluding carboxylic acids is 3. The number of ether oxygens (including phenoxy) is 1. The van der Waals surface area contributed by atoms with Crippen LogP contribution in [-0.4, -0.2) is 66.1 Å². The average molecular weight is 432 g/mol. The van der Waals surface area contributed by atoms with E-state index in [-0.39, 0.29) is 0 Å². The number of nitrogens with zero attached hydrogens (tertiary/aromatic N) is 3.